The van der Waals surface area contributed by atoms with Crippen LogP contribution in [0.15, 0.2) is 83.8 Å². The van der Waals surface area contributed by atoms with Crippen LogP contribution in [0.2, 0.25) is 0 Å². The Balaban J connectivity index is 1.71. The van der Waals surface area contributed by atoms with Crippen molar-refractivity contribution in [2.75, 3.05) is 10.6 Å². The van der Waals surface area contributed by atoms with Gasteiger partial charge in [-0.1, -0.05) is 30.3 Å². The van der Waals surface area contributed by atoms with Gasteiger partial charge in [0, 0.05) is 28.3 Å². The van der Waals surface area contributed by atoms with Crippen molar-refractivity contribution in [1.82, 2.24) is 0 Å². The van der Waals surface area contributed by atoms with E-state index in [0.717, 1.165) is 10.5 Å². The number of carbonyl (C=O) groups is 4. The molecule has 3 rings (SSSR count). The molecule has 0 saturated carbocycles. The van der Waals surface area contributed by atoms with E-state index in [9.17, 15) is 19.2 Å². The average Bonchev–Trinajstić information content (AvgIpc) is 2.83. The summed E-state index contributed by atoms with van der Waals surface area (Å²) in [5.41, 5.74) is 2.54. The summed E-state index contributed by atoms with van der Waals surface area (Å²) in [6.07, 6.45) is -0.333. The molecule has 3 aromatic rings. The molecule has 3 aromatic carbocycles. The van der Waals surface area contributed by atoms with Crippen LogP contribution in [-0.4, -0.2) is 28.7 Å². The largest absolute Gasteiger partial charge is 0.481 e. The minimum Gasteiger partial charge on any atom is -0.481 e. The molecule has 0 aliphatic rings. The van der Waals surface area contributed by atoms with Crippen LogP contribution in [0.25, 0.3) is 0 Å². The van der Waals surface area contributed by atoms with E-state index in [0.29, 0.717) is 16.9 Å². The Morgan fingerprint density at radius 1 is 0.794 bits per heavy atom. The Labute approximate surface area is 201 Å². The normalized spacial score (nSPS) is 11.3. The van der Waals surface area contributed by atoms with Gasteiger partial charge in [0.2, 0.25) is 11.8 Å². The van der Waals surface area contributed by atoms with Gasteiger partial charge in [-0.3, -0.25) is 19.2 Å². The van der Waals surface area contributed by atoms with Crippen LogP contribution < -0.4 is 10.6 Å². The van der Waals surface area contributed by atoms with Crippen LogP contribution in [0.1, 0.15) is 40.9 Å². The number of amides is 2. The van der Waals surface area contributed by atoms with Crippen LogP contribution in [-0.2, 0) is 14.4 Å². The summed E-state index contributed by atoms with van der Waals surface area (Å²) in [7, 11) is 0. The lowest BCUT2D eigenvalue weighted by Gasteiger charge is -2.17. The average molecular weight is 477 g/mol. The summed E-state index contributed by atoms with van der Waals surface area (Å²) in [6, 6.07) is 23.1. The maximum Gasteiger partial charge on any atom is 0.303 e. The van der Waals surface area contributed by atoms with Crippen LogP contribution in [0.3, 0.4) is 0 Å². The molecule has 0 aromatic heterocycles. The quantitative estimate of drug-likeness (QED) is 0.275. The number of rotatable bonds is 10. The lowest BCUT2D eigenvalue weighted by molar-refractivity contribution is -0.138. The summed E-state index contributed by atoms with van der Waals surface area (Å²) in [6.45, 7) is 1.49. The number of hydrogen-bond donors (Lipinski definition) is 3. The van der Waals surface area contributed by atoms with Gasteiger partial charge in [-0.05, 0) is 61.0 Å². The highest BCUT2D eigenvalue weighted by Gasteiger charge is 2.22. The van der Waals surface area contributed by atoms with Crippen molar-refractivity contribution in [1.29, 1.82) is 0 Å². The molecule has 2 amide bonds. The Kier molecular flexibility index (Phi) is 8.59. The predicted octanol–water partition coefficient (Wildman–Crippen LogP) is 5.16. The van der Waals surface area contributed by atoms with Crippen LogP contribution >= 0.6 is 11.8 Å². The number of anilines is 2. The molecule has 3 N–H and O–H groups in total. The number of aliphatic carboxylic acids is 1. The van der Waals surface area contributed by atoms with E-state index in [1.54, 1.807) is 48.5 Å². The van der Waals surface area contributed by atoms with Gasteiger partial charge in [-0.25, -0.2) is 0 Å². The van der Waals surface area contributed by atoms with Gasteiger partial charge in [-0.15, -0.1) is 11.8 Å². The second-order valence-electron chi connectivity index (χ2n) is 7.50. The van der Waals surface area contributed by atoms with E-state index in [1.807, 2.05) is 30.3 Å². The van der Waals surface area contributed by atoms with E-state index >= 15 is 0 Å². The topological polar surface area (TPSA) is 113 Å². The van der Waals surface area contributed by atoms with Crippen molar-refractivity contribution in [3.8, 4) is 0 Å². The molecule has 0 saturated heterocycles. The zero-order valence-electron chi connectivity index (χ0n) is 18.5. The third-order valence-corrected chi connectivity index (χ3v) is 6.12. The van der Waals surface area contributed by atoms with Crippen LogP contribution in [0.5, 0.6) is 0 Å². The number of ketones is 1. The molecule has 174 valence electrons. The van der Waals surface area contributed by atoms with Gasteiger partial charge in [0.05, 0.1) is 6.42 Å². The fourth-order valence-electron chi connectivity index (χ4n) is 3.09. The molecule has 0 aliphatic carbocycles. The second-order valence-corrected chi connectivity index (χ2v) is 8.68. The number of nitrogens with one attached hydrogen (secondary N) is 2. The van der Waals surface area contributed by atoms with Gasteiger partial charge in [0.25, 0.3) is 0 Å². The number of carbonyl (C=O) groups excluding carboxylic acids is 3. The fourth-order valence-corrected chi connectivity index (χ4v) is 4.12. The van der Waals surface area contributed by atoms with Crippen molar-refractivity contribution in [2.24, 2.45) is 0 Å². The molecule has 0 bridgehead atoms. The molecule has 7 nitrogen and oxygen atoms in total. The summed E-state index contributed by atoms with van der Waals surface area (Å²) in [5, 5.41) is 13.7. The lowest BCUT2D eigenvalue weighted by atomic mass is 10.1. The zero-order chi connectivity index (χ0) is 24.5. The van der Waals surface area contributed by atoms with Crippen molar-refractivity contribution in [3.05, 3.63) is 90.0 Å². The van der Waals surface area contributed by atoms with Gasteiger partial charge >= 0.3 is 5.97 Å². The number of thioether (sulfide) groups is 1. The fraction of sp³-hybridized carbons (Fsp3) is 0.154. The third kappa shape index (κ3) is 7.31. The highest BCUT2D eigenvalue weighted by molar-refractivity contribution is 8.00. The molecule has 0 heterocycles. The Morgan fingerprint density at radius 2 is 1.38 bits per heavy atom. The molecule has 0 radical (unpaired) electrons. The molecule has 1 unspecified atom stereocenters. The van der Waals surface area contributed by atoms with E-state index in [4.69, 9.17) is 5.11 Å². The Bertz CT molecular complexity index is 1160. The maximum absolute atomic E-state index is 13.2. The first kappa shape index (κ1) is 24.7. The second kappa shape index (κ2) is 11.8. The monoisotopic (exact) mass is 476 g/mol. The van der Waals surface area contributed by atoms with Crippen molar-refractivity contribution in [2.45, 2.75) is 29.9 Å². The molecular weight excluding hydrogens is 452 g/mol. The van der Waals surface area contributed by atoms with Crippen LogP contribution in [0, 0.1) is 0 Å². The third-order valence-electron chi connectivity index (χ3n) is 4.86. The van der Waals surface area contributed by atoms with Gasteiger partial charge in [0.1, 0.15) is 5.25 Å². The molecule has 1 atom stereocenters. The number of carboxylic acid groups (broad SMARTS) is 1. The standard InChI is InChI=1S/C26H24N2O5S/c1-17(29)18-7-9-21(10-8-18)28-26(33)25(19-5-3-2-4-6-19)34-22-13-11-20(12-14-22)27-23(30)15-16-24(31)32/h2-14,25H,15-16H2,1H3,(H,27,30)(H,28,33)(H,31,32). The van der Waals surface area contributed by atoms with Crippen molar-refractivity contribution < 1.29 is 24.3 Å². The first-order valence-corrected chi connectivity index (χ1v) is 11.4. The highest BCUT2D eigenvalue weighted by atomic mass is 32.2. The lowest BCUT2D eigenvalue weighted by Crippen LogP contribution is -2.19. The van der Waals surface area contributed by atoms with Crippen LogP contribution in [0.4, 0.5) is 11.4 Å². The number of hydrogen-bond acceptors (Lipinski definition) is 5. The zero-order valence-corrected chi connectivity index (χ0v) is 19.3. The summed E-state index contributed by atoms with van der Waals surface area (Å²) in [4.78, 5) is 47.9. The first-order chi connectivity index (χ1) is 16.3. The molecule has 8 heteroatoms. The molecular formula is C26H24N2O5S. The van der Waals surface area contributed by atoms with Gasteiger partial charge < -0.3 is 15.7 Å². The van der Waals surface area contributed by atoms with Crippen molar-refractivity contribution in [3.63, 3.8) is 0 Å². The van der Waals surface area contributed by atoms with E-state index in [-0.39, 0.29) is 30.4 Å². The van der Waals surface area contributed by atoms with Gasteiger partial charge in [-0.2, -0.15) is 0 Å². The number of Topliss-reactive ketones (excluding diaryl/α,β-unsaturated/α-hetero) is 1. The molecule has 34 heavy (non-hydrogen) atoms. The van der Waals surface area contributed by atoms with E-state index in [2.05, 4.69) is 10.6 Å². The Morgan fingerprint density at radius 3 is 1.97 bits per heavy atom. The van der Waals surface area contributed by atoms with Crippen molar-refractivity contribution >= 4 is 46.7 Å². The highest BCUT2D eigenvalue weighted by Crippen LogP contribution is 2.36. The molecule has 0 aliphatic heterocycles. The minimum atomic E-state index is -1.03. The van der Waals surface area contributed by atoms with E-state index < -0.39 is 11.2 Å². The maximum atomic E-state index is 13.2. The smallest absolute Gasteiger partial charge is 0.303 e. The molecule has 0 spiro atoms. The van der Waals surface area contributed by atoms with E-state index in [1.165, 1.54) is 18.7 Å². The number of carboxylic acids is 1. The van der Waals surface area contributed by atoms with Gasteiger partial charge in [0.15, 0.2) is 5.78 Å². The Hall–Kier alpha value is -3.91. The first-order valence-electron chi connectivity index (χ1n) is 10.6. The predicted molar refractivity (Wildman–Crippen MR) is 132 cm³/mol. The SMILES string of the molecule is CC(=O)c1ccc(NC(=O)C(Sc2ccc(NC(=O)CCC(=O)O)cc2)c2ccccc2)cc1. The summed E-state index contributed by atoms with van der Waals surface area (Å²) in [5.74, 6) is -1.66. The summed E-state index contributed by atoms with van der Waals surface area (Å²) >= 11 is 1.36. The summed E-state index contributed by atoms with van der Waals surface area (Å²) < 4.78 is 0. The minimum absolute atomic E-state index is 0.0443. The number of benzene rings is 3. The molecule has 0 fully saturated rings.